The number of fused-ring (bicyclic) bond motifs is 1. The Balaban J connectivity index is 2.05. The first-order valence-electron chi connectivity index (χ1n) is 7.84. The molecule has 0 saturated heterocycles. The average Bonchev–Trinajstić information content (AvgIpc) is 2.60. The van der Waals surface area contributed by atoms with Gasteiger partial charge in [-0.15, -0.1) is 0 Å². The molecule has 0 atom stereocenters. The number of aliphatic carboxylic acids is 1. The lowest BCUT2D eigenvalue weighted by molar-refractivity contribution is -0.139. The van der Waals surface area contributed by atoms with E-state index in [0.717, 1.165) is 10.8 Å². The van der Waals surface area contributed by atoms with E-state index in [1.54, 1.807) is 19.2 Å². The minimum Gasteiger partial charge on any atom is -0.481 e. The van der Waals surface area contributed by atoms with Crippen molar-refractivity contribution in [1.29, 1.82) is 0 Å². The van der Waals surface area contributed by atoms with Crippen molar-refractivity contribution in [3.8, 4) is 5.75 Å². The van der Waals surface area contributed by atoms with E-state index in [2.05, 4.69) is 5.32 Å². The number of methoxy groups -OCH3 is 1. The van der Waals surface area contributed by atoms with Crippen LogP contribution in [0.15, 0.2) is 36.4 Å². The number of nitrogens with one attached hydrogen (secondary N) is 1. The molecule has 0 unspecified atom stereocenters. The van der Waals surface area contributed by atoms with E-state index >= 15 is 0 Å². The molecular formula is C18H21NO6. The maximum absolute atomic E-state index is 12.1. The number of ether oxygens (including phenoxy) is 3. The van der Waals surface area contributed by atoms with Crippen LogP contribution < -0.4 is 10.1 Å². The van der Waals surface area contributed by atoms with Gasteiger partial charge in [0.25, 0.3) is 0 Å². The summed E-state index contributed by atoms with van der Waals surface area (Å²) in [6, 6.07) is 10.7. The quantitative estimate of drug-likeness (QED) is 0.641. The van der Waals surface area contributed by atoms with Gasteiger partial charge in [-0.05, 0) is 12.1 Å². The summed E-state index contributed by atoms with van der Waals surface area (Å²) in [5.41, 5.74) is 0.639. The van der Waals surface area contributed by atoms with E-state index in [1.807, 2.05) is 24.3 Å². The molecule has 0 aromatic heterocycles. The zero-order valence-electron chi connectivity index (χ0n) is 14.0. The molecule has 0 radical (unpaired) electrons. The van der Waals surface area contributed by atoms with Crippen LogP contribution in [0.3, 0.4) is 0 Å². The Bertz CT molecular complexity index is 731. The van der Waals surface area contributed by atoms with Crippen molar-refractivity contribution in [3.63, 3.8) is 0 Å². The number of benzene rings is 2. The molecule has 134 valence electrons. The molecule has 2 aromatic rings. The highest BCUT2D eigenvalue weighted by atomic mass is 16.5. The van der Waals surface area contributed by atoms with Crippen molar-refractivity contribution >= 4 is 28.3 Å². The Kier molecular flexibility index (Phi) is 7.18. The third kappa shape index (κ3) is 5.74. The monoisotopic (exact) mass is 347 g/mol. The van der Waals surface area contributed by atoms with E-state index in [9.17, 15) is 9.59 Å². The predicted octanol–water partition coefficient (Wildman–Crippen LogP) is 2.29. The minimum atomic E-state index is -1.05. The highest BCUT2D eigenvalue weighted by molar-refractivity contribution is 6.04. The van der Waals surface area contributed by atoms with Crippen LogP contribution in [-0.4, -0.2) is 50.5 Å². The fourth-order valence-corrected chi connectivity index (χ4v) is 2.27. The highest BCUT2D eigenvalue weighted by Crippen LogP contribution is 2.31. The maximum atomic E-state index is 12.1. The van der Waals surface area contributed by atoms with Crippen molar-refractivity contribution in [2.45, 2.75) is 6.42 Å². The second-order valence-corrected chi connectivity index (χ2v) is 5.24. The van der Waals surface area contributed by atoms with Gasteiger partial charge in [-0.1, -0.05) is 24.3 Å². The van der Waals surface area contributed by atoms with Crippen molar-refractivity contribution in [2.75, 3.05) is 38.9 Å². The molecule has 0 spiro atoms. The Hall–Kier alpha value is -2.64. The third-order valence-corrected chi connectivity index (χ3v) is 3.41. The molecule has 0 aliphatic rings. The van der Waals surface area contributed by atoms with Crippen LogP contribution in [-0.2, 0) is 19.1 Å². The number of carboxylic acid groups (broad SMARTS) is 1. The van der Waals surface area contributed by atoms with Crippen LogP contribution in [0.4, 0.5) is 5.69 Å². The molecule has 0 bridgehead atoms. The summed E-state index contributed by atoms with van der Waals surface area (Å²) in [7, 11) is 1.59. The molecule has 0 fully saturated rings. The molecule has 0 heterocycles. The van der Waals surface area contributed by atoms with E-state index < -0.39 is 12.6 Å². The van der Waals surface area contributed by atoms with E-state index in [1.165, 1.54) is 0 Å². The summed E-state index contributed by atoms with van der Waals surface area (Å²) in [6.07, 6.45) is 0.231. The fourth-order valence-electron chi connectivity index (χ4n) is 2.27. The molecule has 7 nitrogen and oxygen atoms in total. The van der Waals surface area contributed by atoms with E-state index in [-0.39, 0.29) is 12.3 Å². The van der Waals surface area contributed by atoms with Crippen molar-refractivity contribution in [1.82, 2.24) is 0 Å². The topological polar surface area (TPSA) is 94.1 Å². The van der Waals surface area contributed by atoms with E-state index in [4.69, 9.17) is 19.3 Å². The molecule has 1 amide bonds. The minimum absolute atomic E-state index is 0.165. The number of anilines is 1. The smallest absolute Gasteiger partial charge is 0.341 e. The van der Waals surface area contributed by atoms with Crippen molar-refractivity contribution in [3.05, 3.63) is 36.4 Å². The van der Waals surface area contributed by atoms with Crippen LogP contribution in [0, 0.1) is 0 Å². The number of carbonyl (C=O) groups excluding carboxylic acids is 1. The zero-order valence-corrected chi connectivity index (χ0v) is 14.0. The van der Waals surface area contributed by atoms with Gasteiger partial charge in [0.15, 0.2) is 6.61 Å². The lowest BCUT2D eigenvalue weighted by Crippen LogP contribution is -2.15. The summed E-state index contributed by atoms with van der Waals surface area (Å²) in [4.78, 5) is 22.7. The van der Waals surface area contributed by atoms with Gasteiger partial charge in [0, 0.05) is 23.6 Å². The van der Waals surface area contributed by atoms with Gasteiger partial charge in [-0.3, -0.25) is 4.79 Å². The standard InChI is InChI=1S/C18H21NO6/c1-23-10-11-24-9-8-17(20)19-15-6-7-16(25-12-18(21)22)14-5-3-2-4-13(14)15/h2-7H,8-12H2,1H3,(H,19,20)(H,21,22). The van der Waals surface area contributed by atoms with Crippen LogP contribution in [0.25, 0.3) is 10.8 Å². The van der Waals surface area contributed by atoms with Gasteiger partial charge in [-0.2, -0.15) is 0 Å². The second kappa shape index (κ2) is 9.61. The molecule has 2 aromatic carbocycles. The Morgan fingerprint density at radius 1 is 1.04 bits per heavy atom. The zero-order chi connectivity index (χ0) is 18.1. The van der Waals surface area contributed by atoms with Crippen LogP contribution in [0.1, 0.15) is 6.42 Å². The number of carboxylic acids is 1. The third-order valence-electron chi connectivity index (χ3n) is 3.41. The molecule has 0 aliphatic carbocycles. The summed E-state index contributed by atoms with van der Waals surface area (Å²) in [5, 5.41) is 13.1. The first-order chi connectivity index (χ1) is 12.1. The second-order valence-electron chi connectivity index (χ2n) is 5.24. The molecule has 2 N–H and O–H groups in total. The molecule has 0 saturated carbocycles. The Labute approximate surface area is 145 Å². The first kappa shape index (κ1) is 18.7. The Morgan fingerprint density at radius 3 is 2.52 bits per heavy atom. The van der Waals surface area contributed by atoms with E-state index in [0.29, 0.717) is 31.3 Å². The largest absolute Gasteiger partial charge is 0.481 e. The SMILES string of the molecule is COCCOCCC(=O)Nc1ccc(OCC(=O)O)c2ccccc12. The molecule has 2 rings (SSSR count). The van der Waals surface area contributed by atoms with Gasteiger partial charge < -0.3 is 24.6 Å². The van der Waals surface area contributed by atoms with Gasteiger partial charge in [0.05, 0.1) is 26.2 Å². The number of hydrogen-bond donors (Lipinski definition) is 2. The number of rotatable bonds is 10. The Morgan fingerprint density at radius 2 is 1.80 bits per heavy atom. The molecule has 7 heteroatoms. The molecular weight excluding hydrogens is 326 g/mol. The first-order valence-corrected chi connectivity index (χ1v) is 7.84. The fraction of sp³-hybridized carbons (Fsp3) is 0.333. The molecule has 25 heavy (non-hydrogen) atoms. The van der Waals surface area contributed by atoms with Gasteiger partial charge in [0.1, 0.15) is 5.75 Å². The lowest BCUT2D eigenvalue weighted by atomic mass is 10.1. The molecule has 0 aliphatic heterocycles. The van der Waals surface area contributed by atoms with Crippen molar-refractivity contribution in [2.24, 2.45) is 0 Å². The highest BCUT2D eigenvalue weighted by Gasteiger charge is 2.10. The number of amides is 1. The van der Waals surface area contributed by atoms with Crippen LogP contribution >= 0.6 is 0 Å². The maximum Gasteiger partial charge on any atom is 0.341 e. The van der Waals surface area contributed by atoms with Gasteiger partial charge in [-0.25, -0.2) is 4.79 Å². The van der Waals surface area contributed by atoms with Gasteiger partial charge in [0.2, 0.25) is 5.91 Å². The summed E-state index contributed by atoms with van der Waals surface area (Å²) in [5.74, 6) is -0.754. The summed E-state index contributed by atoms with van der Waals surface area (Å²) in [6.45, 7) is 0.827. The average molecular weight is 347 g/mol. The summed E-state index contributed by atoms with van der Waals surface area (Å²) < 4.78 is 15.4. The number of carbonyl (C=O) groups is 2. The number of hydrogen-bond acceptors (Lipinski definition) is 5. The summed E-state index contributed by atoms with van der Waals surface area (Å²) >= 11 is 0. The van der Waals surface area contributed by atoms with Gasteiger partial charge >= 0.3 is 5.97 Å². The van der Waals surface area contributed by atoms with Crippen LogP contribution in [0.5, 0.6) is 5.75 Å². The van der Waals surface area contributed by atoms with Crippen LogP contribution in [0.2, 0.25) is 0 Å². The predicted molar refractivity (Wildman–Crippen MR) is 93.0 cm³/mol. The normalized spacial score (nSPS) is 10.6. The van der Waals surface area contributed by atoms with Crippen molar-refractivity contribution < 1.29 is 28.9 Å². The lowest BCUT2D eigenvalue weighted by Gasteiger charge is -2.12.